The molecule has 6 rings (SSSR count). The number of H-pyrrole nitrogens is 2. The molecule has 8 N–H and O–H groups in total. The third-order valence-electron chi connectivity index (χ3n) is 12.3. The molecule has 3 heterocycles. The number of aliphatic hydroxyl groups excluding tert-OH is 2. The van der Waals surface area contributed by atoms with Gasteiger partial charge in [-0.2, -0.15) is 0 Å². The normalized spacial score (nSPS) is 17.2. The van der Waals surface area contributed by atoms with Crippen LogP contribution in [-0.4, -0.2) is 116 Å². The average molecular weight is 906 g/mol. The molecule has 66 heavy (non-hydrogen) atoms. The van der Waals surface area contributed by atoms with Crippen LogP contribution in [0.2, 0.25) is 0 Å². The fourth-order valence-electron chi connectivity index (χ4n) is 8.94. The van der Waals surface area contributed by atoms with Crippen molar-refractivity contribution in [2.24, 2.45) is 11.8 Å². The van der Waals surface area contributed by atoms with Gasteiger partial charge >= 0.3 is 11.9 Å². The molecule has 1 fully saturated rings. The van der Waals surface area contributed by atoms with Gasteiger partial charge in [-0.05, 0) is 59.9 Å². The first-order valence-electron chi connectivity index (χ1n) is 22.7. The lowest BCUT2D eigenvalue weighted by Gasteiger charge is -2.38. The predicted molar refractivity (Wildman–Crippen MR) is 250 cm³/mol. The number of hydrogen-bond acceptors (Lipinski definition) is 10. The van der Waals surface area contributed by atoms with Crippen LogP contribution >= 0.6 is 0 Å². The molecule has 0 saturated carbocycles. The van der Waals surface area contributed by atoms with Gasteiger partial charge in [-0.1, -0.05) is 94.4 Å². The highest BCUT2D eigenvalue weighted by molar-refractivity contribution is 5.93. The highest BCUT2D eigenvalue weighted by atomic mass is 16.6. The molecule has 1 aliphatic rings. The van der Waals surface area contributed by atoms with Gasteiger partial charge in [0.15, 0.2) is 0 Å². The number of likely N-dealkylation sites (tertiary alicyclic amines) is 1. The molecule has 1 saturated heterocycles. The second-order valence-corrected chi connectivity index (χ2v) is 18.0. The Labute approximate surface area is 384 Å². The number of benzene rings is 3. The maximum atomic E-state index is 14.6. The number of esters is 2. The molecule has 5 aromatic rings. The van der Waals surface area contributed by atoms with Gasteiger partial charge in [0.2, 0.25) is 23.6 Å². The van der Waals surface area contributed by atoms with Crippen LogP contribution in [0.15, 0.2) is 91.3 Å². The molecule has 1 aliphatic heterocycles. The lowest BCUT2D eigenvalue weighted by atomic mass is 9.91. The zero-order valence-corrected chi connectivity index (χ0v) is 38.4. The molecular weight excluding hydrogens is 843 g/mol. The van der Waals surface area contributed by atoms with E-state index >= 15 is 0 Å². The fraction of sp³-hybridized carbons (Fsp3) is 0.440. The summed E-state index contributed by atoms with van der Waals surface area (Å²) in [5.41, 5.74) is 4.07. The highest BCUT2D eigenvalue weighted by Crippen LogP contribution is 2.27. The molecular formula is C50H63N7O9. The van der Waals surface area contributed by atoms with Crippen LogP contribution in [0.4, 0.5) is 0 Å². The van der Waals surface area contributed by atoms with Crippen molar-refractivity contribution in [1.82, 2.24) is 36.1 Å². The van der Waals surface area contributed by atoms with Crippen LogP contribution in [0.5, 0.6) is 0 Å². The van der Waals surface area contributed by atoms with Crippen LogP contribution in [0.25, 0.3) is 21.8 Å². The molecule has 352 valence electrons. The van der Waals surface area contributed by atoms with Gasteiger partial charge in [0, 0.05) is 67.4 Å². The van der Waals surface area contributed by atoms with E-state index in [4.69, 9.17) is 4.74 Å². The molecule has 0 radical (unpaired) electrons. The highest BCUT2D eigenvalue weighted by Gasteiger charge is 2.44. The molecule has 0 spiro atoms. The molecule has 4 amide bonds. The van der Waals surface area contributed by atoms with E-state index < -0.39 is 89.9 Å². The summed E-state index contributed by atoms with van der Waals surface area (Å²) in [4.78, 5) is 88.5. The maximum absolute atomic E-state index is 14.6. The van der Waals surface area contributed by atoms with Crippen molar-refractivity contribution in [2.45, 2.75) is 122 Å². The standard InChI is InChI=1S/C50H63N7O9/c1-28(2)43(56-47(62)40(53-30(5)58)24-33-26-51-37-19-12-10-17-35(33)37)48(63)55-39(23-32-15-8-7-9-16-32)45(60)46(61)42-21-14-22-57(42)49(64)44(29(3)4)54-41(50(65)66-31(6)59)25-34-27-52-38-20-13-11-18-36(34)38/h7-13,15-20,26-29,39-46,51-52,54,60-61H,14,21-25H2,1-6H3,(H,53,58)(H,55,63)(H,56,62)/t39-,40-,41-,42-,43-,44-,45-,46-/m0/s1. The SMILES string of the molecule is CC(=O)N[C@@H](Cc1c[nH]c2ccccc12)C(=O)N[C@H](C(=O)N[C@@H](Cc1ccccc1)[C@H](O)[C@@H](O)[C@@H]1CCCN1C(=O)[C@@H](N[C@@H](Cc1c[nH]c2ccccc12)C(=O)OC(C)=O)C(C)C)C(C)C. The first-order valence-corrected chi connectivity index (χ1v) is 22.7. The maximum Gasteiger partial charge on any atom is 0.331 e. The third-order valence-corrected chi connectivity index (χ3v) is 12.3. The molecule has 16 nitrogen and oxygen atoms in total. The van der Waals surface area contributed by atoms with E-state index in [1.165, 1.54) is 11.8 Å². The van der Waals surface area contributed by atoms with E-state index in [0.29, 0.717) is 12.8 Å². The molecule has 0 aliphatic carbocycles. The van der Waals surface area contributed by atoms with E-state index in [1.54, 1.807) is 26.2 Å². The smallest absolute Gasteiger partial charge is 0.331 e. The summed E-state index contributed by atoms with van der Waals surface area (Å²) < 4.78 is 5.05. The molecule has 16 heteroatoms. The van der Waals surface area contributed by atoms with Crippen molar-refractivity contribution in [3.05, 3.63) is 108 Å². The second-order valence-electron chi connectivity index (χ2n) is 18.0. The number of nitrogens with zero attached hydrogens (tertiary/aromatic N) is 1. The van der Waals surface area contributed by atoms with Crippen molar-refractivity contribution in [3.8, 4) is 0 Å². The Morgan fingerprint density at radius 1 is 0.697 bits per heavy atom. The minimum absolute atomic E-state index is 0.100. The van der Waals surface area contributed by atoms with Crippen LogP contribution in [-0.2, 0) is 52.8 Å². The Bertz CT molecular complexity index is 2480. The number of nitrogens with one attached hydrogen (secondary N) is 6. The molecule has 0 unspecified atom stereocenters. The van der Waals surface area contributed by atoms with Crippen molar-refractivity contribution in [2.75, 3.05) is 6.54 Å². The number of hydrogen-bond donors (Lipinski definition) is 8. The minimum atomic E-state index is -1.59. The van der Waals surface area contributed by atoms with Crippen molar-refractivity contribution in [3.63, 3.8) is 0 Å². The van der Waals surface area contributed by atoms with E-state index in [0.717, 1.165) is 45.4 Å². The molecule has 2 aromatic heterocycles. The number of amides is 4. The molecule has 3 aromatic carbocycles. The van der Waals surface area contributed by atoms with Crippen LogP contribution < -0.4 is 21.3 Å². The Morgan fingerprint density at radius 2 is 1.26 bits per heavy atom. The van der Waals surface area contributed by atoms with Crippen LogP contribution in [0.3, 0.4) is 0 Å². The number of rotatable bonds is 20. The predicted octanol–water partition coefficient (Wildman–Crippen LogP) is 3.59. The van der Waals surface area contributed by atoms with E-state index in [9.17, 15) is 39.0 Å². The average Bonchev–Trinajstić information content (AvgIpc) is 4.05. The lowest BCUT2D eigenvalue weighted by Crippen LogP contribution is -2.62. The zero-order chi connectivity index (χ0) is 47.7. The number of fused-ring (bicyclic) bond motifs is 2. The topological polar surface area (TPSA) is 235 Å². The van der Waals surface area contributed by atoms with E-state index in [1.807, 2.05) is 92.7 Å². The Morgan fingerprint density at radius 3 is 1.82 bits per heavy atom. The second kappa shape index (κ2) is 22.2. The van der Waals surface area contributed by atoms with Gasteiger partial charge in [0.25, 0.3) is 0 Å². The number of para-hydroxylation sites is 2. The Balaban J connectivity index is 1.20. The van der Waals surface area contributed by atoms with Gasteiger partial charge in [0.05, 0.1) is 18.1 Å². The lowest BCUT2D eigenvalue weighted by molar-refractivity contribution is -0.160. The summed E-state index contributed by atoms with van der Waals surface area (Å²) in [5.74, 6) is -4.44. The quantitative estimate of drug-likeness (QED) is 0.0418. The zero-order valence-electron chi connectivity index (χ0n) is 38.4. The number of ether oxygens (including phenoxy) is 1. The van der Waals surface area contributed by atoms with Crippen molar-refractivity contribution < 1.29 is 43.7 Å². The first-order chi connectivity index (χ1) is 31.5. The van der Waals surface area contributed by atoms with Gasteiger partial charge in [-0.15, -0.1) is 0 Å². The minimum Gasteiger partial charge on any atom is -0.392 e. The molecule has 0 bridgehead atoms. The first kappa shape index (κ1) is 49.1. The number of aromatic amines is 2. The largest absolute Gasteiger partial charge is 0.392 e. The summed E-state index contributed by atoms with van der Waals surface area (Å²) >= 11 is 0. The van der Waals surface area contributed by atoms with Gasteiger partial charge in [-0.3, -0.25) is 29.3 Å². The van der Waals surface area contributed by atoms with Crippen molar-refractivity contribution >= 4 is 57.4 Å². The van der Waals surface area contributed by atoms with Gasteiger partial charge < -0.3 is 45.8 Å². The summed E-state index contributed by atoms with van der Waals surface area (Å²) in [6.07, 6.45) is 1.66. The van der Waals surface area contributed by atoms with E-state index in [2.05, 4.69) is 31.2 Å². The molecule has 8 atom stereocenters. The monoisotopic (exact) mass is 905 g/mol. The fourth-order valence-corrected chi connectivity index (χ4v) is 8.94. The third kappa shape index (κ3) is 12.1. The van der Waals surface area contributed by atoms with E-state index in [-0.39, 0.29) is 31.7 Å². The number of aliphatic hydroxyl groups is 2. The summed E-state index contributed by atoms with van der Waals surface area (Å²) in [5, 5.41) is 37.6. The Kier molecular flexibility index (Phi) is 16.5. The number of carbonyl (C=O) groups is 6. The van der Waals surface area contributed by atoms with Gasteiger partial charge in [0.1, 0.15) is 30.3 Å². The summed E-state index contributed by atoms with van der Waals surface area (Å²) in [6.45, 7) is 9.88. The summed E-state index contributed by atoms with van der Waals surface area (Å²) in [6, 6.07) is 18.2. The summed E-state index contributed by atoms with van der Waals surface area (Å²) in [7, 11) is 0. The number of aromatic nitrogens is 2. The van der Waals surface area contributed by atoms with Crippen molar-refractivity contribution in [1.29, 1.82) is 0 Å². The van der Waals surface area contributed by atoms with Crippen LogP contribution in [0, 0.1) is 11.8 Å². The number of carbonyl (C=O) groups excluding carboxylic acids is 6. The van der Waals surface area contributed by atoms with Crippen LogP contribution in [0.1, 0.15) is 71.1 Å². The van der Waals surface area contributed by atoms with Gasteiger partial charge in [-0.25, -0.2) is 4.79 Å². The Hall–Kier alpha value is -6.36.